The molecule has 0 saturated carbocycles. The smallest absolute Gasteiger partial charge is 0.325 e. The number of carbonyl (C=O) groups is 3. The van der Waals surface area contributed by atoms with Crippen molar-refractivity contribution in [3.63, 3.8) is 0 Å². The number of ether oxygens (including phenoxy) is 1. The standard InChI is InChI=1S/C17H13F2N3O6/c18-10-1-6-13(14(19)7-10)17(25)20-8-16(24)28-9-15(23)21-11-2-4-12(5-3-11)22(26)27/h1-7H,8-9H2,(H,20,25)(H,21,23). The number of rotatable bonds is 7. The van der Waals surface area contributed by atoms with Crippen LogP contribution in [0.2, 0.25) is 0 Å². The highest BCUT2D eigenvalue weighted by Gasteiger charge is 2.15. The highest BCUT2D eigenvalue weighted by atomic mass is 19.1. The minimum atomic E-state index is -1.09. The lowest BCUT2D eigenvalue weighted by atomic mass is 10.2. The Morgan fingerprint density at radius 2 is 1.75 bits per heavy atom. The Morgan fingerprint density at radius 3 is 2.36 bits per heavy atom. The summed E-state index contributed by atoms with van der Waals surface area (Å²) in [6.45, 7) is -1.31. The van der Waals surface area contributed by atoms with Gasteiger partial charge in [0, 0.05) is 23.9 Å². The third-order valence-electron chi connectivity index (χ3n) is 3.30. The highest BCUT2D eigenvalue weighted by molar-refractivity contribution is 5.96. The average molecular weight is 393 g/mol. The summed E-state index contributed by atoms with van der Waals surface area (Å²) in [5, 5.41) is 15.0. The summed E-state index contributed by atoms with van der Waals surface area (Å²) in [4.78, 5) is 44.9. The fourth-order valence-corrected chi connectivity index (χ4v) is 1.98. The van der Waals surface area contributed by atoms with E-state index >= 15 is 0 Å². The molecule has 0 aliphatic carbocycles. The van der Waals surface area contributed by atoms with Crippen LogP contribution in [0.15, 0.2) is 42.5 Å². The molecule has 2 aromatic carbocycles. The molecule has 9 nitrogen and oxygen atoms in total. The number of nitrogens with one attached hydrogen (secondary N) is 2. The number of hydrogen-bond acceptors (Lipinski definition) is 6. The van der Waals surface area contributed by atoms with Gasteiger partial charge in [-0.15, -0.1) is 0 Å². The number of hydrogen-bond donors (Lipinski definition) is 2. The van der Waals surface area contributed by atoms with Crippen LogP contribution in [0.5, 0.6) is 0 Å². The van der Waals surface area contributed by atoms with Crippen molar-refractivity contribution in [2.75, 3.05) is 18.5 Å². The fourth-order valence-electron chi connectivity index (χ4n) is 1.98. The van der Waals surface area contributed by atoms with E-state index in [2.05, 4.69) is 15.4 Å². The number of benzene rings is 2. The molecule has 2 amide bonds. The van der Waals surface area contributed by atoms with Crippen LogP contribution in [0.4, 0.5) is 20.2 Å². The number of esters is 1. The van der Waals surface area contributed by atoms with Crippen molar-refractivity contribution < 1.29 is 32.8 Å². The summed E-state index contributed by atoms with van der Waals surface area (Å²) in [5.74, 6) is -4.57. The van der Waals surface area contributed by atoms with E-state index in [9.17, 15) is 33.3 Å². The van der Waals surface area contributed by atoms with E-state index in [1.54, 1.807) is 0 Å². The molecule has 0 radical (unpaired) electrons. The van der Waals surface area contributed by atoms with Crippen LogP contribution >= 0.6 is 0 Å². The number of amides is 2. The topological polar surface area (TPSA) is 128 Å². The molecule has 2 aromatic rings. The molecule has 11 heteroatoms. The molecule has 0 atom stereocenters. The van der Waals surface area contributed by atoms with Gasteiger partial charge < -0.3 is 15.4 Å². The van der Waals surface area contributed by atoms with Crippen LogP contribution in [-0.4, -0.2) is 35.9 Å². The first-order valence-corrected chi connectivity index (χ1v) is 7.69. The summed E-state index contributed by atoms with van der Waals surface area (Å²) in [7, 11) is 0. The van der Waals surface area contributed by atoms with Gasteiger partial charge in [0.1, 0.15) is 18.2 Å². The van der Waals surface area contributed by atoms with Crippen LogP contribution in [0, 0.1) is 21.7 Å². The van der Waals surface area contributed by atoms with Crippen molar-refractivity contribution >= 4 is 29.2 Å². The van der Waals surface area contributed by atoms with Gasteiger partial charge in [0.2, 0.25) is 0 Å². The Hall–Kier alpha value is -3.89. The number of halogens is 2. The van der Waals surface area contributed by atoms with Crippen LogP contribution in [-0.2, 0) is 14.3 Å². The number of nitro benzene ring substituents is 1. The Kier molecular flexibility index (Phi) is 6.68. The van der Waals surface area contributed by atoms with Crippen molar-refractivity contribution in [3.8, 4) is 0 Å². The lowest BCUT2D eigenvalue weighted by molar-refractivity contribution is -0.384. The van der Waals surface area contributed by atoms with Gasteiger partial charge in [-0.25, -0.2) is 8.78 Å². The van der Waals surface area contributed by atoms with Crippen molar-refractivity contribution in [1.29, 1.82) is 0 Å². The Labute approximate surface area is 156 Å². The van der Waals surface area contributed by atoms with Gasteiger partial charge in [-0.2, -0.15) is 0 Å². The van der Waals surface area contributed by atoms with Gasteiger partial charge in [0.15, 0.2) is 6.61 Å². The predicted octanol–water partition coefficient (Wildman–Crippen LogP) is 1.78. The summed E-state index contributed by atoms with van der Waals surface area (Å²) in [5.41, 5.74) is -0.352. The van der Waals surface area contributed by atoms with Gasteiger partial charge >= 0.3 is 5.97 Å². The van der Waals surface area contributed by atoms with E-state index in [1.165, 1.54) is 24.3 Å². The van der Waals surface area contributed by atoms with Crippen molar-refractivity contribution in [1.82, 2.24) is 5.32 Å². The number of non-ortho nitro benzene ring substituents is 1. The van der Waals surface area contributed by atoms with E-state index in [4.69, 9.17) is 0 Å². The molecule has 2 rings (SSSR count). The first-order chi connectivity index (χ1) is 13.3. The zero-order valence-corrected chi connectivity index (χ0v) is 14.1. The molecule has 0 bridgehead atoms. The van der Waals surface area contributed by atoms with Crippen LogP contribution in [0.1, 0.15) is 10.4 Å². The second-order valence-electron chi connectivity index (χ2n) is 5.32. The largest absolute Gasteiger partial charge is 0.454 e. The molecule has 28 heavy (non-hydrogen) atoms. The third-order valence-corrected chi connectivity index (χ3v) is 3.30. The molecule has 0 heterocycles. The number of nitro groups is 1. The van der Waals surface area contributed by atoms with Gasteiger partial charge in [-0.05, 0) is 24.3 Å². The second-order valence-corrected chi connectivity index (χ2v) is 5.32. The normalized spacial score (nSPS) is 10.1. The van der Waals surface area contributed by atoms with Crippen molar-refractivity contribution in [2.45, 2.75) is 0 Å². The molecule has 0 saturated heterocycles. The first-order valence-electron chi connectivity index (χ1n) is 7.69. The molecule has 0 aliphatic rings. The lowest BCUT2D eigenvalue weighted by Gasteiger charge is -2.08. The van der Waals surface area contributed by atoms with Crippen molar-refractivity contribution in [3.05, 3.63) is 69.8 Å². The van der Waals surface area contributed by atoms with Gasteiger partial charge in [0.05, 0.1) is 10.5 Å². The maximum Gasteiger partial charge on any atom is 0.325 e. The predicted molar refractivity (Wildman–Crippen MR) is 91.4 cm³/mol. The zero-order chi connectivity index (χ0) is 20.7. The molecule has 0 aliphatic heterocycles. The van der Waals surface area contributed by atoms with Crippen LogP contribution in [0.25, 0.3) is 0 Å². The van der Waals surface area contributed by atoms with Crippen LogP contribution < -0.4 is 10.6 Å². The monoisotopic (exact) mass is 393 g/mol. The quantitative estimate of drug-likeness (QED) is 0.419. The maximum atomic E-state index is 13.4. The fraction of sp³-hybridized carbons (Fsp3) is 0.118. The van der Waals surface area contributed by atoms with Gasteiger partial charge in [0.25, 0.3) is 17.5 Å². The number of anilines is 1. The molecule has 0 aromatic heterocycles. The summed E-state index contributed by atoms with van der Waals surface area (Å²) in [6, 6.07) is 7.31. The zero-order valence-electron chi connectivity index (χ0n) is 14.1. The molecule has 146 valence electrons. The molecular formula is C17H13F2N3O6. The van der Waals surface area contributed by atoms with Gasteiger partial charge in [-0.1, -0.05) is 0 Å². The number of carbonyl (C=O) groups excluding carboxylic acids is 3. The minimum absolute atomic E-state index is 0.155. The van der Waals surface area contributed by atoms with E-state index in [0.717, 1.165) is 12.1 Å². The van der Waals surface area contributed by atoms with E-state index < -0.39 is 53.1 Å². The Morgan fingerprint density at radius 1 is 1.07 bits per heavy atom. The summed E-state index contributed by atoms with van der Waals surface area (Å²) in [6.07, 6.45) is 0. The third kappa shape index (κ3) is 5.83. The van der Waals surface area contributed by atoms with E-state index in [-0.39, 0.29) is 11.4 Å². The van der Waals surface area contributed by atoms with Crippen molar-refractivity contribution in [2.24, 2.45) is 0 Å². The second kappa shape index (κ2) is 9.16. The summed E-state index contributed by atoms with van der Waals surface area (Å²) >= 11 is 0. The minimum Gasteiger partial charge on any atom is -0.454 e. The molecule has 0 spiro atoms. The molecule has 0 unspecified atom stereocenters. The van der Waals surface area contributed by atoms with Crippen LogP contribution in [0.3, 0.4) is 0 Å². The molecular weight excluding hydrogens is 380 g/mol. The SMILES string of the molecule is O=C(COC(=O)CNC(=O)c1ccc(F)cc1F)Nc1ccc([N+](=O)[O-])cc1. The maximum absolute atomic E-state index is 13.4. The summed E-state index contributed by atoms with van der Waals surface area (Å²) < 4.78 is 30.9. The van der Waals surface area contributed by atoms with E-state index in [0.29, 0.717) is 6.07 Å². The number of nitrogens with zero attached hydrogens (tertiary/aromatic N) is 1. The Bertz CT molecular complexity index is 918. The first kappa shape index (κ1) is 20.4. The van der Waals surface area contributed by atoms with Gasteiger partial charge in [-0.3, -0.25) is 24.5 Å². The van der Waals surface area contributed by atoms with E-state index in [1.807, 2.05) is 0 Å². The molecule has 2 N–H and O–H groups in total. The molecule has 0 fully saturated rings. The lowest BCUT2D eigenvalue weighted by Crippen LogP contribution is -2.32. The Balaban J connectivity index is 1.76. The average Bonchev–Trinajstić information content (AvgIpc) is 2.65. The highest BCUT2D eigenvalue weighted by Crippen LogP contribution is 2.15.